The number of carbonyl (C=O) groups excluding carboxylic acids is 4. The molecule has 9 heteroatoms. The third kappa shape index (κ3) is 4.48. The molecule has 0 radical (unpaired) electrons. The van der Waals surface area contributed by atoms with Gasteiger partial charge < -0.3 is 15.2 Å². The third-order valence-electron chi connectivity index (χ3n) is 3.21. The fraction of sp³-hybridized carbons (Fsp3) is 0.333. The molecule has 0 atom stereocenters. The van der Waals surface area contributed by atoms with Gasteiger partial charge in [0.25, 0.3) is 11.1 Å². The summed E-state index contributed by atoms with van der Waals surface area (Å²) >= 11 is 0.918. The first kappa shape index (κ1) is 17.8. The van der Waals surface area contributed by atoms with E-state index in [0.29, 0.717) is 0 Å². The third-order valence-corrected chi connectivity index (χ3v) is 4.06. The quantitative estimate of drug-likeness (QED) is 0.723. The summed E-state index contributed by atoms with van der Waals surface area (Å²) in [7, 11) is 0. The van der Waals surface area contributed by atoms with E-state index in [0.717, 1.165) is 22.2 Å². The summed E-state index contributed by atoms with van der Waals surface area (Å²) in [4.78, 5) is 47.2. The van der Waals surface area contributed by atoms with Gasteiger partial charge in [0.05, 0.1) is 5.75 Å². The SMILES string of the molecule is Cc1ccc(C(=O)OCC(=O)NCCN2C(=O)CSC2=O)c(O)c1. The molecule has 0 bridgehead atoms. The average molecular weight is 352 g/mol. The summed E-state index contributed by atoms with van der Waals surface area (Å²) in [5.41, 5.74) is 0.754. The molecule has 2 N–H and O–H groups in total. The van der Waals surface area contributed by atoms with Gasteiger partial charge in [0.1, 0.15) is 11.3 Å². The summed E-state index contributed by atoms with van der Waals surface area (Å²) in [6.07, 6.45) is 0. The van der Waals surface area contributed by atoms with Crippen molar-refractivity contribution in [2.24, 2.45) is 0 Å². The fourth-order valence-corrected chi connectivity index (χ4v) is 2.73. The van der Waals surface area contributed by atoms with Crippen LogP contribution in [0.4, 0.5) is 4.79 Å². The molecule has 0 spiro atoms. The van der Waals surface area contributed by atoms with Gasteiger partial charge in [0, 0.05) is 13.1 Å². The number of imide groups is 1. The van der Waals surface area contributed by atoms with Crippen LogP contribution in [-0.4, -0.2) is 58.5 Å². The monoisotopic (exact) mass is 352 g/mol. The van der Waals surface area contributed by atoms with E-state index >= 15 is 0 Å². The van der Waals surface area contributed by atoms with Crippen molar-refractivity contribution in [2.75, 3.05) is 25.4 Å². The maximum absolute atomic E-state index is 11.8. The molecule has 0 unspecified atom stereocenters. The second-order valence-corrected chi connectivity index (χ2v) is 5.97. The lowest BCUT2D eigenvalue weighted by Gasteiger charge is -2.13. The number of rotatable bonds is 6. The summed E-state index contributed by atoms with van der Waals surface area (Å²) < 4.78 is 4.81. The first-order valence-corrected chi connectivity index (χ1v) is 8.07. The van der Waals surface area contributed by atoms with E-state index in [-0.39, 0.29) is 41.3 Å². The van der Waals surface area contributed by atoms with Crippen LogP contribution in [0.3, 0.4) is 0 Å². The molecular weight excluding hydrogens is 336 g/mol. The van der Waals surface area contributed by atoms with Crippen LogP contribution in [0, 0.1) is 6.92 Å². The molecule has 1 fully saturated rings. The Labute approximate surface area is 142 Å². The fourth-order valence-electron chi connectivity index (χ4n) is 1.98. The number of amides is 3. The molecule has 1 aromatic carbocycles. The van der Waals surface area contributed by atoms with Gasteiger partial charge in [-0.25, -0.2) is 4.79 Å². The molecule has 2 rings (SSSR count). The van der Waals surface area contributed by atoms with Crippen LogP contribution >= 0.6 is 11.8 Å². The number of phenolic OH excluding ortho intramolecular Hbond substituents is 1. The topological polar surface area (TPSA) is 113 Å². The Kier molecular flexibility index (Phi) is 5.80. The van der Waals surface area contributed by atoms with Crippen molar-refractivity contribution < 1.29 is 29.0 Å². The molecule has 3 amide bonds. The second kappa shape index (κ2) is 7.82. The Hall–Kier alpha value is -2.55. The van der Waals surface area contributed by atoms with Crippen molar-refractivity contribution in [3.05, 3.63) is 29.3 Å². The molecule has 0 aliphatic carbocycles. The van der Waals surface area contributed by atoms with Crippen LogP contribution in [0.25, 0.3) is 0 Å². The van der Waals surface area contributed by atoms with Gasteiger partial charge >= 0.3 is 5.97 Å². The van der Waals surface area contributed by atoms with Crippen LogP contribution < -0.4 is 5.32 Å². The maximum Gasteiger partial charge on any atom is 0.342 e. The highest BCUT2D eigenvalue weighted by Crippen LogP contribution is 2.19. The number of benzene rings is 1. The standard InChI is InChI=1S/C15H16N2O6S/c1-9-2-3-10(11(18)6-9)14(21)23-7-12(19)16-4-5-17-13(20)8-24-15(17)22/h2-3,6,18H,4-5,7-8H2,1H3,(H,16,19). The zero-order valence-electron chi connectivity index (χ0n) is 12.9. The van der Waals surface area contributed by atoms with Crippen LogP contribution in [0.1, 0.15) is 15.9 Å². The van der Waals surface area contributed by atoms with Crippen molar-refractivity contribution in [2.45, 2.75) is 6.92 Å². The number of nitrogens with zero attached hydrogens (tertiary/aromatic N) is 1. The number of ether oxygens (including phenoxy) is 1. The number of carbonyl (C=O) groups is 4. The minimum absolute atomic E-state index is 0.0290. The Balaban J connectivity index is 1.74. The van der Waals surface area contributed by atoms with E-state index in [1.165, 1.54) is 12.1 Å². The molecule has 1 aliphatic rings. The van der Waals surface area contributed by atoms with E-state index < -0.39 is 18.5 Å². The number of aryl methyl sites for hydroxylation is 1. The molecule has 1 aromatic rings. The predicted octanol–water partition coefficient (Wildman–Crippen LogP) is 0.669. The summed E-state index contributed by atoms with van der Waals surface area (Å²) in [5, 5.41) is 11.8. The average Bonchev–Trinajstić information content (AvgIpc) is 2.84. The number of hydrogen-bond donors (Lipinski definition) is 2. The number of hydrogen-bond acceptors (Lipinski definition) is 7. The van der Waals surface area contributed by atoms with Crippen molar-refractivity contribution in [3.63, 3.8) is 0 Å². The Morgan fingerprint density at radius 3 is 2.75 bits per heavy atom. The zero-order chi connectivity index (χ0) is 17.7. The number of esters is 1. The van der Waals surface area contributed by atoms with Crippen molar-refractivity contribution in [1.82, 2.24) is 10.2 Å². The molecule has 0 saturated carbocycles. The van der Waals surface area contributed by atoms with Gasteiger partial charge in [-0.1, -0.05) is 17.8 Å². The van der Waals surface area contributed by atoms with E-state index in [2.05, 4.69) is 5.32 Å². The molecule has 0 aromatic heterocycles. The van der Waals surface area contributed by atoms with Crippen LogP contribution in [0.2, 0.25) is 0 Å². The van der Waals surface area contributed by atoms with E-state index in [9.17, 15) is 24.3 Å². The van der Waals surface area contributed by atoms with Crippen LogP contribution in [0.5, 0.6) is 5.75 Å². The van der Waals surface area contributed by atoms with Gasteiger partial charge in [-0.3, -0.25) is 19.3 Å². The molecule has 1 heterocycles. The summed E-state index contributed by atoms with van der Waals surface area (Å²) in [6.45, 7) is 1.38. The minimum atomic E-state index is -0.816. The smallest absolute Gasteiger partial charge is 0.342 e. The molecule has 128 valence electrons. The highest BCUT2D eigenvalue weighted by atomic mass is 32.2. The summed E-state index contributed by atoms with van der Waals surface area (Å²) in [6, 6.07) is 4.46. The Bertz CT molecular complexity index is 675. The van der Waals surface area contributed by atoms with E-state index in [4.69, 9.17) is 4.74 Å². The minimum Gasteiger partial charge on any atom is -0.507 e. The Morgan fingerprint density at radius 2 is 2.12 bits per heavy atom. The number of aromatic hydroxyl groups is 1. The van der Waals surface area contributed by atoms with Gasteiger partial charge in [-0.2, -0.15) is 0 Å². The lowest BCUT2D eigenvalue weighted by molar-refractivity contribution is -0.126. The normalized spacial score (nSPS) is 14.0. The molecule has 8 nitrogen and oxygen atoms in total. The van der Waals surface area contributed by atoms with Crippen molar-refractivity contribution in [1.29, 1.82) is 0 Å². The zero-order valence-corrected chi connectivity index (χ0v) is 13.7. The number of nitrogens with one attached hydrogen (secondary N) is 1. The predicted molar refractivity (Wildman–Crippen MR) is 85.7 cm³/mol. The molecule has 24 heavy (non-hydrogen) atoms. The van der Waals surface area contributed by atoms with E-state index in [1.807, 2.05) is 0 Å². The second-order valence-electron chi connectivity index (χ2n) is 5.05. The highest BCUT2D eigenvalue weighted by molar-refractivity contribution is 8.14. The van der Waals surface area contributed by atoms with Crippen molar-refractivity contribution in [3.8, 4) is 5.75 Å². The Morgan fingerprint density at radius 1 is 1.38 bits per heavy atom. The highest BCUT2D eigenvalue weighted by Gasteiger charge is 2.29. The van der Waals surface area contributed by atoms with Crippen LogP contribution in [-0.2, 0) is 14.3 Å². The van der Waals surface area contributed by atoms with E-state index in [1.54, 1.807) is 13.0 Å². The van der Waals surface area contributed by atoms with Crippen LogP contribution in [0.15, 0.2) is 18.2 Å². The first-order chi connectivity index (χ1) is 11.4. The van der Waals surface area contributed by atoms with Gasteiger partial charge in [0.2, 0.25) is 5.91 Å². The van der Waals surface area contributed by atoms with Gasteiger partial charge in [-0.05, 0) is 24.6 Å². The van der Waals surface area contributed by atoms with Crippen molar-refractivity contribution >= 4 is 34.8 Å². The molecule has 1 saturated heterocycles. The molecule has 1 aliphatic heterocycles. The van der Waals surface area contributed by atoms with Gasteiger partial charge in [0.15, 0.2) is 6.61 Å². The largest absolute Gasteiger partial charge is 0.507 e. The number of phenols is 1. The summed E-state index contributed by atoms with van der Waals surface area (Å²) in [5.74, 6) is -1.78. The first-order valence-electron chi connectivity index (χ1n) is 7.09. The lowest BCUT2D eigenvalue weighted by atomic mass is 10.1. The van der Waals surface area contributed by atoms with Gasteiger partial charge in [-0.15, -0.1) is 0 Å². The lowest BCUT2D eigenvalue weighted by Crippen LogP contribution is -2.38. The maximum atomic E-state index is 11.8. The number of thioether (sulfide) groups is 1. The molecular formula is C15H16N2O6S.